The van der Waals surface area contributed by atoms with Crippen molar-refractivity contribution in [2.24, 2.45) is 0 Å². The molecule has 1 saturated heterocycles. The molecule has 0 radical (unpaired) electrons. The Morgan fingerprint density at radius 1 is 1.08 bits per heavy atom. The average Bonchev–Trinajstić information content (AvgIpc) is 2.93. The van der Waals surface area contributed by atoms with Crippen LogP contribution in [0.3, 0.4) is 0 Å². The highest BCUT2D eigenvalue weighted by Crippen LogP contribution is 2.29. The van der Waals surface area contributed by atoms with E-state index in [-0.39, 0.29) is 6.61 Å². The number of aliphatic hydroxyl groups excluding tert-OH is 1. The minimum absolute atomic E-state index is 0.278. The third-order valence-corrected chi connectivity index (χ3v) is 5.13. The maximum atomic E-state index is 10.3. The first kappa shape index (κ1) is 21.0. The number of methoxy groups -OCH3 is 1. The molecule has 1 aliphatic heterocycles. The number of aliphatic hydroxyl groups is 1. The van der Waals surface area contributed by atoms with Gasteiger partial charge in [-0.15, -0.1) is 0 Å². The molecule has 1 heterocycles. The number of hydrogen-bond acceptors (Lipinski definition) is 5. The molecule has 2 rings (SSSR count). The summed E-state index contributed by atoms with van der Waals surface area (Å²) in [5.74, 6) is 1.44. The van der Waals surface area contributed by atoms with Crippen molar-refractivity contribution in [3.63, 3.8) is 0 Å². The number of rotatable bonds is 10. The van der Waals surface area contributed by atoms with Crippen LogP contribution in [0.25, 0.3) is 0 Å². The topological polar surface area (TPSA) is 45.2 Å². The Morgan fingerprint density at radius 2 is 1.77 bits per heavy atom. The van der Waals surface area contributed by atoms with Gasteiger partial charge in [-0.3, -0.25) is 4.90 Å². The lowest BCUT2D eigenvalue weighted by atomic mass is 10.2. The summed E-state index contributed by atoms with van der Waals surface area (Å²) in [6, 6.07) is 6.15. The molecule has 0 amide bonds. The van der Waals surface area contributed by atoms with E-state index in [0.29, 0.717) is 6.54 Å². The summed E-state index contributed by atoms with van der Waals surface area (Å²) >= 11 is 0. The van der Waals surface area contributed by atoms with Gasteiger partial charge in [0, 0.05) is 13.1 Å². The fraction of sp³-hybridized carbons (Fsp3) is 0.714. The van der Waals surface area contributed by atoms with Crippen LogP contribution in [0.4, 0.5) is 0 Å². The van der Waals surface area contributed by atoms with Crippen LogP contribution in [0.15, 0.2) is 18.2 Å². The van der Waals surface area contributed by atoms with E-state index in [1.54, 1.807) is 7.11 Å². The van der Waals surface area contributed by atoms with Crippen molar-refractivity contribution in [1.29, 1.82) is 0 Å². The SMILES string of the molecule is CCN(CC)C[C@@H](O)COc1cc(CN2CCCCCC2)ccc1OC. The molecule has 5 heteroatoms. The molecule has 1 fully saturated rings. The van der Waals surface area contributed by atoms with Gasteiger partial charge in [0.15, 0.2) is 11.5 Å². The number of nitrogens with zero attached hydrogens (tertiary/aromatic N) is 2. The van der Waals surface area contributed by atoms with Crippen LogP contribution in [0.1, 0.15) is 45.1 Å². The molecule has 0 unspecified atom stereocenters. The lowest BCUT2D eigenvalue weighted by molar-refractivity contribution is 0.0705. The number of benzene rings is 1. The molecule has 0 aliphatic carbocycles. The van der Waals surface area contributed by atoms with Crippen molar-refractivity contribution in [3.05, 3.63) is 23.8 Å². The zero-order chi connectivity index (χ0) is 18.8. The molecule has 1 atom stereocenters. The van der Waals surface area contributed by atoms with Gasteiger partial charge < -0.3 is 19.5 Å². The molecular weight excluding hydrogens is 328 g/mol. The third-order valence-electron chi connectivity index (χ3n) is 5.13. The summed E-state index contributed by atoms with van der Waals surface area (Å²) in [6.07, 6.45) is 4.76. The zero-order valence-electron chi connectivity index (χ0n) is 16.7. The van der Waals surface area contributed by atoms with Crippen molar-refractivity contribution in [2.45, 2.75) is 52.2 Å². The molecule has 1 N–H and O–H groups in total. The van der Waals surface area contributed by atoms with E-state index in [2.05, 4.69) is 35.8 Å². The summed E-state index contributed by atoms with van der Waals surface area (Å²) in [5, 5.41) is 10.3. The lowest BCUT2D eigenvalue weighted by Gasteiger charge is -2.23. The van der Waals surface area contributed by atoms with Crippen molar-refractivity contribution >= 4 is 0 Å². The van der Waals surface area contributed by atoms with E-state index in [1.807, 2.05) is 6.07 Å². The summed E-state index contributed by atoms with van der Waals surface area (Å²) < 4.78 is 11.3. The number of ether oxygens (including phenoxy) is 2. The number of hydrogen-bond donors (Lipinski definition) is 1. The highest BCUT2D eigenvalue weighted by molar-refractivity contribution is 5.43. The van der Waals surface area contributed by atoms with Gasteiger partial charge in [0.25, 0.3) is 0 Å². The van der Waals surface area contributed by atoms with Crippen molar-refractivity contribution in [2.75, 3.05) is 46.4 Å². The molecule has 0 bridgehead atoms. The maximum Gasteiger partial charge on any atom is 0.161 e. The van der Waals surface area contributed by atoms with Crippen LogP contribution >= 0.6 is 0 Å². The summed E-state index contributed by atoms with van der Waals surface area (Å²) in [4.78, 5) is 4.72. The van der Waals surface area contributed by atoms with Gasteiger partial charge in [-0.1, -0.05) is 32.8 Å². The highest BCUT2D eigenvalue weighted by atomic mass is 16.5. The van der Waals surface area contributed by atoms with Crippen molar-refractivity contribution < 1.29 is 14.6 Å². The summed E-state index contributed by atoms with van der Waals surface area (Å²) in [7, 11) is 1.66. The van der Waals surface area contributed by atoms with Crippen LogP contribution in [0.2, 0.25) is 0 Å². The van der Waals surface area contributed by atoms with Crippen LogP contribution in [-0.2, 0) is 6.54 Å². The standard InChI is InChI=1S/C21H36N2O3/c1-4-22(5-2)16-19(24)17-26-21-14-18(10-11-20(21)25-3)15-23-12-8-6-7-9-13-23/h10-11,14,19,24H,4-9,12-13,15-17H2,1-3H3/t19-/m1/s1. The molecule has 26 heavy (non-hydrogen) atoms. The van der Waals surface area contributed by atoms with Crippen LogP contribution in [0, 0.1) is 0 Å². The van der Waals surface area contributed by atoms with Crippen LogP contribution in [-0.4, -0.2) is 67.5 Å². The van der Waals surface area contributed by atoms with Crippen molar-refractivity contribution in [3.8, 4) is 11.5 Å². The molecule has 5 nitrogen and oxygen atoms in total. The van der Waals surface area contributed by atoms with Gasteiger partial charge in [-0.2, -0.15) is 0 Å². The normalized spacial score (nSPS) is 17.1. The Morgan fingerprint density at radius 3 is 2.38 bits per heavy atom. The average molecular weight is 365 g/mol. The van der Waals surface area contributed by atoms with Crippen LogP contribution < -0.4 is 9.47 Å². The maximum absolute atomic E-state index is 10.3. The van der Waals surface area contributed by atoms with E-state index in [1.165, 1.54) is 44.3 Å². The molecule has 1 aromatic rings. The largest absolute Gasteiger partial charge is 0.493 e. The lowest BCUT2D eigenvalue weighted by Crippen LogP contribution is -2.35. The fourth-order valence-corrected chi connectivity index (χ4v) is 3.50. The molecule has 0 saturated carbocycles. The van der Waals surface area contributed by atoms with E-state index < -0.39 is 6.10 Å². The second-order valence-electron chi connectivity index (χ2n) is 7.13. The first-order valence-corrected chi connectivity index (χ1v) is 10.1. The highest BCUT2D eigenvalue weighted by Gasteiger charge is 2.14. The Kier molecular flexibility index (Phi) is 9.23. The third kappa shape index (κ3) is 6.78. The smallest absolute Gasteiger partial charge is 0.161 e. The van der Waals surface area contributed by atoms with Gasteiger partial charge in [0.2, 0.25) is 0 Å². The van der Waals surface area contributed by atoms with Gasteiger partial charge in [-0.05, 0) is 56.7 Å². The predicted molar refractivity (Wildman–Crippen MR) is 106 cm³/mol. The molecule has 1 aliphatic rings. The molecule has 1 aromatic carbocycles. The van der Waals surface area contributed by atoms with E-state index in [9.17, 15) is 5.11 Å². The first-order chi connectivity index (χ1) is 12.7. The molecule has 0 spiro atoms. The van der Waals surface area contributed by atoms with Gasteiger partial charge in [-0.25, -0.2) is 0 Å². The quantitative estimate of drug-likeness (QED) is 0.691. The summed E-state index contributed by atoms with van der Waals surface area (Å²) in [5.41, 5.74) is 1.24. The molecule has 0 aromatic heterocycles. The van der Waals surface area contributed by atoms with E-state index in [0.717, 1.165) is 31.1 Å². The Hall–Kier alpha value is -1.30. The first-order valence-electron chi connectivity index (χ1n) is 10.1. The second-order valence-corrected chi connectivity index (χ2v) is 7.13. The summed E-state index contributed by atoms with van der Waals surface area (Å²) in [6.45, 7) is 10.3. The Balaban J connectivity index is 1.95. The molecular formula is C21H36N2O3. The zero-order valence-corrected chi connectivity index (χ0v) is 16.7. The number of likely N-dealkylation sites (N-methyl/N-ethyl adjacent to an activating group) is 1. The Labute approximate surface area is 158 Å². The van der Waals surface area contributed by atoms with Gasteiger partial charge >= 0.3 is 0 Å². The minimum Gasteiger partial charge on any atom is -0.493 e. The fourth-order valence-electron chi connectivity index (χ4n) is 3.50. The predicted octanol–water partition coefficient (Wildman–Crippen LogP) is 3.15. The Bertz CT molecular complexity index is 512. The minimum atomic E-state index is -0.506. The van der Waals surface area contributed by atoms with Gasteiger partial charge in [0.05, 0.1) is 7.11 Å². The monoisotopic (exact) mass is 364 g/mol. The van der Waals surface area contributed by atoms with Crippen LogP contribution in [0.5, 0.6) is 11.5 Å². The second kappa shape index (κ2) is 11.4. The van der Waals surface area contributed by atoms with Crippen molar-refractivity contribution in [1.82, 2.24) is 9.80 Å². The van der Waals surface area contributed by atoms with E-state index >= 15 is 0 Å². The number of likely N-dealkylation sites (tertiary alicyclic amines) is 1. The van der Waals surface area contributed by atoms with Gasteiger partial charge in [0.1, 0.15) is 12.7 Å². The molecule has 148 valence electrons. The van der Waals surface area contributed by atoms with E-state index in [4.69, 9.17) is 9.47 Å².